The van der Waals surface area contributed by atoms with E-state index in [9.17, 15) is 4.79 Å². The molecule has 2 saturated carbocycles. The molecule has 0 aromatic heterocycles. The maximum absolute atomic E-state index is 13.0. The third kappa shape index (κ3) is 2.49. The summed E-state index contributed by atoms with van der Waals surface area (Å²) < 4.78 is 0. The zero-order valence-electron chi connectivity index (χ0n) is 13.1. The van der Waals surface area contributed by atoms with Crippen molar-refractivity contribution in [3.8, 4) is 0 Å². The first-order chi connectivity index (χ1) is 9.58. The Hall–Kier alpha value is -0.570. The fraction of sp³-hybridized carbons (Fsp3) is 0.941. The highest BCUT2D eigenvalue weighted by molar-refractivity contribution is 5.80. The van der Waals surface area contributed by atoms with Crippen molar-refractivity contribution < 1.29 is 4.79 Å². The Labute approximate surface area is 123 Å². The number of carbonyl (C=O) groups is 1. The van der Waals surface area contributed by atoms with Crippen LogP contribution in [0.1, 0.15) is 58.8 Å². The highest BCUT2D eigenvalue weighted by atomic mass is 16.2. The fourth-order valence-corrected chi connectivity index (χ4v) is 4.97. The molecule has 0 bridgehead atoms. The number of piperidine rings is 1. The van der Waals surface area contributed by atoms with E-state index in [2.05, 4.69) is 18.7 Å². The van der Waals surface area contributed by atoms with Crippen molar-refractivity contribution in [2.24, 2.45) is 29.4 Å². The van der Waals surface area contributed by atoms with Gasteiger partial charge in [-0.05, 0) is 56.3 Å². The standard InChI is InChI=1S/C17H30N2O/c1-11-9-12(2)15(18)10-14(11)17(20)19-8-4-6-13-5-3-7-16(13)19/h11-16H,3-10,18H2,1-2H3. The minimum Gasteiger partial charge on any atom is -0.339 e. The molecule has 3 nitrogen and oxygen atoms in total. The Morgan fingerprint density at radius 1 is 1.05 bits per heavy atom. The molecular weight excluding hydrogens is 248 g/mol. The lowest BCUT2D eigenvalue weighted by Crippen LogP contribution is -2.52. The number of fused-ring (bicyclic) bond motifs is 1. The maximum Gasteiger partial charge on any atom is 0.226 e. The molecule has 20 heavy (non-hydrogen) atoms. The second-order valence-electron chi connectivity index (χ2n) is 7.63. The van der Waals surface area contributed by atoms with Crippen LogP contribution < -0.4 is 5.73 Å². The minimum atomic E-state index is 0.181. The molecule has 114 valence electrons. The van der Waals surface area contributed by atoms with Gasteiger partial charge in [-0.25, -0.2) is 0 Å². The summed E-state index contributed by atoms with van der Waals surface area (Å²) in [4.78, 5) is 15.3. The maximum atomic E-state index is 13.0. The van der Waals surface area contributed by atoms with Gasteiger partial charge in [-0.2, -0.15) is 0 Å². The average molecular weight is 278 g/mol. The van der Waals surface area contributed by atoms with Crippen molar-refractivity contribution in [1.29, 1.82) is 0 Å². The van der Waals surface area contributed by atoms with Crippen LogP contribution >= 0.6 is 0 Å². The van der Waals surface area contributed by atoms with Gasteiger partial charge in [-0.1, -0.05) is 20.3 Å². The molecule has 6 unspecified atom stereocenters. The molecule has 2 aliphatic carbocycles. The van der Waals surface area contributed by atoms with Crippen LogP contribution in [-0.2, 0) is 4.79 Å². The molecule has 3 aliphatic rings. The summed E-state index contributed by atoms with van der Waals surface area (Å²) in [5, 5.41) is 0. The zero-order chi connectivity index (χ0) is 14.3. The van der Waals surface area contributed by atoms with E-state index in [0.717, 1.165) is 25.3 Å². The van der Waals surface area contributed by atoms with Crippen molar-refractivity contribution in [3.63, 3.8) is 0 Å². The number of likely N-dealkylation sites (tertiary alicyclic amines) is 1. The van der Waals surface area contributed by atoms with E-state index in [1.54, 1.807) is 0 Å². The Morgan fingerprint density at radius 2 is 1.80 bits per heavy atom. The second kappa shape index (κ2) is 5.67. The van der Waals surface area contributed by atoms with E-state index in [1.807, 2.05) is 0 Å². The molecule has 3 fully saturated rings. The van der Waals surface area contributed by atoms with E-state index in [4.69, 9.17) is 5.73 Å². The predicted molar refractivity (Wildman–Crippen MR) is 81.1 cm³/mol. The molecule has 0 aromatic carbocycles. The topological polar surface area (TPSA) is 46.3 Å². The van der Waals surface area contributed by atoms with Crippen molar-refractivity contribution in [3.05, 3.63) is 0 Å². The van der Waals surface area contributed by atoms with Gasteiger partial charge in [0, 0.05) is 24.5 Å². The summed E-state index contributed by atoms with van der Waals surface area (Å²) in [5.41, 5.74) is 6.23. The summed E-state index contributed by atoms with van der Waals surface area (Å²) in [6.45, 7) is 5.48. The van der Waals surface area contributed by atoms with Crippen LogP contribution in [0.3, 0.4) is 0 Å². The number of amides is 1. The van der Waals surface area contributed by atoms with Gasteiger partial charge in [0.2, 0.25) is 5.91 Å². The molecule has 1 heterocycles. The molecule has 0 spiro atoms. The predicted octanol–water partition coefficient (Wildman–Crippen LogP) is 2.79. The lowest BCUT2D eigenvalue weighted by molar-refractivity contribution is -0.143. The van der Waals surface area contributed by atoms with Crippen molar-refractivity contribution >= 4 is 5.91 Å². The van der Waals surface area contributed by atoms with Crippen LogP contribution in [0.25, 0.3) is 0 Å². The number of nitrogens with two attached hydrogens (primary N) is 1. The molecule has 0 radical (unpaired) electrons. The highest BCUT2D eigenvalue weighted by Crippen LogP contribution is 2.40. The van der Waals surface area contributed by atoms with Crippen LogP contribution in [0.2, 0.25) is 0 Å². The van der Waals surface area contributed by atoms with Gasteiger partial charge in [0.1, 0.15) is 0 Å². The third-order valence-electron chi connectivity index (χ3n) is 6.28. The first-order valence-corrected chi connectivity index (χ1v) is 8.64. The lowest BCUT2D eigenvalue weighted by Gasteiger charge is -2.43. The smallest absolute Gasteiger partial charge is 0.226 e. The molecule has 2 N–H and O–H groups in total. The summed E-state index contributed by atoms with van der Waals surface area (Å²) in [5.74, 6) is 2.46. The first-order valence-electron chi connectivity index (χ1n) is 8.64. The fourth-order valence-electron chi connectivity index (χ4n) is 4.97. The van der Waals surface area contributed by atoms with Gasteiger partial charge in [0.15, 0.2) is 0 Å². The molecule has 6 atom stereocenters. The summed E-state index contributed by atoms with van der Waals surface area (Å²) >= 11 is 0. The molecule has 0 aromatic rings. The normalized spacial score (nSPS) is 45.2. The van der Waals surface area contributed by atoms with Gasteiger partial charge in [-0.3, -0.25) is 4.79 Å². The quantitative estimate of drug-likeness (QED) is 0.801. The molecule has 1 aliphatic heterocycles. The van der Waals surface area contributed by atoms with Gasteiger partial charge < -0.3 is 10.6 Å². The molecule has 3 rings (SSSR count). The molecule has 3 heteroatoms. The van der Waals surface area contributed by atoms with Gasteiger partial charge in [0.05, 0.1) is 0 Å². The molecular formula is C17H30N2O. The second-order valence-corrected chi connectivity index (χ2v) is 7.63. The van der Waals surface area contributed by atoms with E-state index >= 15 is 0 Å². The number of nitrogens with zero attached hydrogens (tertiary/aromatic N) is 1. The average Bonchev–Trinajstić information content (AvgIpc) is 2.90. The third-order valence-corrected chi connectivity index (χ3v) is 6.28. The number of hydrogen-bond acceptors (Lipinski definition) is 2. The summed E-state index contributed by atoms with van der Waals surface area (Å²) in [6, 6.07) is 0.767. The van der Waals surface area contributed by atoms with E-state index in [-0.39, 0.29) is 12.0 Å². The van der Waals surface area contributed by atoms with E-state index in [1.165, 1.54) is 32.1 Å². The SMILES string of the molecule is CC1CC(C)C(C(=O)N2CCCC3CCCC32)CC1N. The van der Waals surface area contributed by atoms with Gasteiger partial charge in [0.25, 0.3) is 0 Å². The van der Waals surface area contributed by atoms with Crippen LogP contribution in [0.15, 0.2) is 0 Å². The Morgan fingerprint density at radius 3 is 2.60 bits per heavy atom. The Kier molecular flexibility index (Phi) is 4.07. The summed E-state index contributed by atoms with van der Waals surface area (Å²) in [7, 11) is 0. The number of rotatable bonds is 1. The van der Waals surface area contributed by atoms with Gasteiger partial charge in [-0.15, -0.1) is 0 Å². The Bertz CT molecular complexity index is 370. The summed E-state index contributed by atoms with van der Waals surface area (Å²) in [6.07, 6.45) is 8.44. The van der Waals surface area contributed by atoms with Gasteiger partial charge >= 0.3 is 0 Å². The number of hydrogen-bond donors (Lipinski definition) is 1. The monoisotopic (exact) mass is 278 g/mol. The van der Waals surface area contributed by atoms with Crippen molar-refractivity contribution in [2.75, 3.05) is 6.54 Å². The first kappa shape index (κ1) is 14.4. The number of carbonyl (C=O) groups excluding carboxylic acids is 1. The Balaban J connectivity index is 1.71. The van der Waals surface area contributed by atoms with Crippen molar-refractivity contribution in [1.82, 2.24) is 4.90 Å². The highest BCUT2D eigenvalue weighted by Gasteiger charge is 2.42. The minimum absolute atomic E-state index is 0.181. The molecule has 1 amide bonds. The lowest BCUT2D eigenvalue weighted by atomic mass is 9.72. The molecule has 1 saturated heterocycles. The van der Waals surface area contributed by atoms with E-state index in [0.29, 0.717) is 23.8 Å². The van der Waals surface area contributed by atoms with Crippen LogP contribution in [0.5, 0.6) is 0 Å². The zero-order valence-corrected chi connectivity index (χ0v) is 13.1. The largest absolute Gasteiger partial charge is 0.339 e. The van der Waals surface area contributed by atoms with Crippen LogP contribution in [0.4, 0.5) is 0 Å². The van der Waals surface area contributed by atoms with Crippen LogP contribution in [0, 0.1) is 23.7 Å². The van der Waals surface area contributed by atoms with Crippen molar-refractivity contribution in [2.45, 2.75) is 70.9 Å². The van der Waals surface area contributed by atoms with Crippen LogP contribution in [-0.4, -0.2) is 29.4 Å². The van der Waals surface area contributed by atoms with E-state index < -0.39 is 0 Å².